The Bertz CT molecular complexity index is 648. The molecule has 6 nitrogen and oxygen atoms in total. The third-order valence-electron chi connectivity index (χ3n) is 4.57. The van der Waals surface area contributed by atoms with Gasteiger partial charge in [0.05, 0.1) is 17.7 Å². The molecule has 2 heterocycles. The average Bonchev–Trinajstić information content (AvgIpc) is 2.60. The zero-order valence-corrected chi connectivity index (χ0v) is 14.0. The molecule has 1 N–H and O–H groups in total. The summed E-state index contributed by atoms with van der Waals surface area (Å²) in [5.41, 5.74) is 1.53. The van der Waals surface area contributed by atoms with Gasteiger partial charge in [-0.2, -0.15) is 10.5 Å². The number of pyridine rings is 1. The monoisotopic (exact) mass is 313 g/mol. The summed E-state index contributed by atoms with van der Waals surface area (Å²) in [6, 6.07) is 4.35. The van der Waals surface area contributed by atoms with Crippen LogP contribution in [0.1, 0.15) is 37.5 Å². The molecule has 1 aliphatic rings. The summed E-state index contributed by atoms with van der Waals surface area (Å²) >= 11 is 0. The van der Waals surface area contributed by atoms with Crippen molar-refractivity contribution in [3.63, 3.8) is 0 Å². The summed E-state index contributed by atoms with van der Waals surface area (Å²) < 4.78 is 0. The topological polar surface area (TPSA) is 87.2 Å². The fraction of sp³-hybridized carbons (Fsp3) is 0.588. The summed E-state index contributed by atoms with van der Waals surface area (Å²) in [5, 5.41) is 28.2. The quantitative estimate of drug-likeness (QED) is 0.901. The Morgan fingerprint density at radius 2 is 1.87 bits per heavy atom. The number of nitriles is 2. The predicted molar refractivity (Wildman–Crippen MR) is 88.0 cm³/mol. The van der Waals surface area contributed by atoms with Crippen LogP contribution in [0.25, 0.3) is 0 Å². The molecule has 1 saturated heterocycles. The SMILES string of the molecule is CCc1c(C#N)cnc(N2CCN(C(C)(C)CO)CC2)c1C#N. The Morgan fingerprint density at radius 3 is 2.35 bits per heavy atom. The number of aliphatic hydroxyl groups is 1. The van der Waals surface area contributed by atoms with Gasteiger partial charge in [0.25, 0.3) is 0 Å². The number of nitrogens with zero attached hydrogens (tertiary/aromatic N) is 5. The van der Waals surface area contributed by atoms with Gasteiger partial charge in [0.2, 0.25) is 0 Å². The van der Waals surface area contributed by atoms with Crippen molar-refractivity contribution >= 4 is 5.82 Å². The number of anilines is 1. The maximum absolute atomic E-state index is 9.53. The summed E-state index contributed by atoms with van der Waals surface area (Å²) in [6.45, 7) is 9.23. The van der Waals surface area contributed by atoms with E-state index in [1.807, 2.05) is 20.8 Å². The number of rotatable bonds is 4. The molecule has 0 radical (unpaired) electrons. The van der Waals surface area contributed by atoms with Gasteiger partial charge in [0, 0.05) is 37.9 Å². The highest BCUT2D eigenvalue weighted by atomic mass is 16.3. The highest BCUT2D eigenvalue weighted by Crippen LogP contribution is 2.26. The smallest absolute Gasteiger partial charge is 0.146 e. The van der Waals surface area contributed by atoms with Gasteiger partial charge in [-0.15, -0.1) is 0 Å². The van der Waals surface area contributed by atoms with Crippen LogP contribution in [0.4, 0.5) is 5.82 Å². The summed E-state index contributed by atoms with van der Waals surface area (Å²) in [4.78, 5) is 8.72. The van der Waals surface area contributed by atoms with Gasteiger partial charge >= 0.3 is 0 Å². The summed E-state index contributed by atoms with van der Waals surface area (Å²) in [7, 11) is 0. The van der Waals surface area contributed by atoms with Crippen molar-refractivity contribution in [2.45, 2.75) is 32.7 Å². The molecule has 1 aromatic rings. The van der Waals surface area contributed by atoms with Crippen molar-refractivity contribution in [3.8, 4) is 12.1 Å². The van der Waals surface area contributed by atoms with E-state index in [-0.39, 0.29) is 12.1 Å². The number of piperazine rings is 1. The van der Waals surface area contributed by atoms with E-state index >= 15 is 0 Å². The van der Waals surface area contributed by atoms with Gasteiger partial charge < -0.3 is 10.0 Å². The van der Waals surface area contributed by atoms with E-state index in [0.29, 0.717) is 23.4 Å². The third-order valence-corrected chi connectivity index (χ3v) is 4.57. The van der Waals surface area contributed by atoms with Gasteiger partial charge in [0.15, 0.2) is 0 Å². The van der Waals surface area contributed by atoms with Crippen LogP contribution >= 0.6 is 0 Å². The van der Waals surface area contributed by atoms with E-state index in [1.54, 1.807) is 6.20 Å². The Kier molecular flexibility index (Phi) is 5.20. The van der Waals surface area contributed by atoms with Crippen LogP contribution in [0, 0.1) is 22.7 Å². The van der Waals surface area contributed by atoms with Gasteiger partial charge in [-0.05, 0) is 25.8 Å². The van der Waals surface area contributed by atoms with Gasteiger partial charge in [0.1, 0.15) is 18.0 Å². The fourth-order valence-electron chi connectivity index (χ4n) is 2.98. The molecular formula is C17H23N5O. The molecule has 2 rings (SSSR count). The molecule has 0 saturated carbocycles. The molecule has 0 bridgehead atoms. The number of hydrogen-bond donors (Lipinski definition) is 1. The Balaban J connectivity index is 2.25. The lowest BCUT2D eigenvalue weighted by Crippen LogP contribution is -2.56. The zero-order valence-electron chi connectivity index (χ0n) is 14.0. The van der Waals surface area contributed by atoms with Gasteiger partial charge in [-0.25, -0.2) is 4.98 Å². The zero-order chi connectivity index (χ0) is 17.0. The minimum absolute atomic E-state index is 0.117. The lowest BCUT2D eigenvalue weighted by atomic mass is 10.0. The largest absolute Gasteiger partial charge is 0.394 e. The minimum Gasteiger partial charge on any atom is -0.394 e. The normalized spacial score (nSPS) is 16.0. The standard InChI is InChI=1S/C17H23N5O/c1-4-14-13(9-18)11-20-16(15(14)10-19)21-5-7-22(8-6-21)17(2,3)12-23/h11,23H,4-8,12H2,1-3H3. The molecule has 122 valence electrons. The van der Waals surface area contributed by atoms with Crippen molar-refractivity contribution < 1.29 is 5.11 Å². The van der Waals surface area contributed by atoms with Crippen molar-refractivity contribution in [1.29, 1.82) is 10.5 Å². The number of hydrogen-bond acceptors (Lipinski definition) is 6. The first-order valence-electron chi connectivity index (χ1n) is 7.91. The van der Waals surface area contributed by atoms with Crippen LogP contribution in [0.5, 0.6) is 0 Å². The summed E-state index contributed by atoms with van der Waals surface area (Å²) in [6.07, 6.45) is 2.21. The molecule has 0 aromatic carbocycles. The highest BCUT2D eigenvalue weighted by molar-refractivity contribution is 5.61. The fourth-order valence-corrected chi connectivity index (χ4v) is 2.98. The van der Waals surface area contributed by atoms with E-state index < -0.39 is 0 Å². The van der Waals surface area contributed by atoms with Crippen LogP contribution in [0.2, 0.25) is 0 Å². The molecule has 0 unspecified atom stereocenters. The first-order chi connectivity index (χ1) is 11.0. The lowest BCUT2D eigenvalue weighted by molar-refractivity contribution is 0.0525. The molecule has 0 spiro atoms. The molecular weight excluding hydrogens is 290 g/mol. The van der Waals surface area contributed by atoms with E-state index in [9.17, 15) is 15.6 Å². The number of aromatic nitrogens is 1. The number of aliphatic hydroxyl groups excluding tert-OH is 1. The second-order valence-electron chi connectivity index (χ2n) is 6.37. The molecule has 23 heavy (non-hydrogen) atoms. The molecule has 0 amide bonds. The van der Waals surface area contributed by atoms with E-state index in [0.717, 1.165) is 31.7 Å². The first kappa shape index (κ1) is 17.2. The van der Waals surface area contributed by atoms with E-state index in [1.165, 1.54) is 0 Å². The summed E-state index contributed by atoms with van der Waals surface area (Å²) in [5.74, 6) is 0.671. The second kappa shape index (κ2) is 6.95. The molecule has 0 aliphatic carbocycles. The maximum Gasteiger partial charge on any atom is 0.146 e. The average molecular weight is 313 g/mol. The van der Waals surface area contributed by atoms with Crippen molar-refractivity contribution in [2.75, 3.05) is 37.7 Å². The molecule has 1 fully saturated rings. The molecule has 0 atom stereocenters. The van der Waals surface area contributed by atoms with Gasteiger partial charge in [-0.1, -0.05) is 6.92 Å². The van der Waals surface area contributed by atoms with Crippen molar-refractivity contribution in [2.24, 2.45) is 0 Å². The highest BCUT2D eigenvalue weighted by Gasteiger charge is 2.30. The Morgan fingerprint density at radius 1 is 1.22 bits per heavy atom. The van der Waals surface area contributed by atoms with E-state index in [4.69, 9.17) is 0 Å². The molecule has 1 aliphatic heterocycles. The minimum atomic E-state index is -0.239. The maximum atomic E-state index is 9.53. The predicted octanol–water partition coefficient (Wildman–Crippen LogP) is 1.28. The van der Waals surface area contributed by atoms with Crippen LogP contribution in [0.15, 0.2) is 6.20 Å². The second-order valence-corrected chi connectivity index (χ2v) is 6.37. The van der Waals surface area contributed by atoms with Crippen molar-refractivity contribution in [3.05, 3.63) is 22.9 Å². The van der Waals surface area contributed by atoms with Crippen LogP contribution in [-0.4, -0.2) is 53.3 Å². The van der Waals surface area contributed by atoms with Crippen molar-refractivity contribution in [1.82, 2.24) is 9.88 Å². The molecule has 1 aromatic heterocycles. The lowest BCUT2D eigenvalue weighted by Gasteiger charge is -2.43. The van der Waals surface area contributed by atoms with E-state index in [2.05, 4.69) is 26.9 Å². The Hall–Kier alpha value is -2.15. The third kappa shape index (κ3) is 3.29. The van der Waals surface area contributed by atoms with Crippen LogP contribution in [-0.2, 0) is 6.42 Å². The molecule has 6 heteroatoms. The Labute approximate surface area is 137 Å². The van der Waals surface area contributed by atoms with Crippen LogP contribution < -0.4 is 4.90 Å². The first-order valence-corrected chi connectivity index (χ1v) is 7.91. The van der Waals surface area contributed by atoms with Gasteiger partial charge in [-0.3, -0.25) is 4.90 Å². The van der Waals surface area contributed by atoms with Crippen LogP contribution in [0.3, 0.4) is 0 Å².